The fraction of sp³-hybridized carbons (Fsp3) is 0.625. The third kappa shape index (κ3) is 4.39. The van der Waals surface area contributed by atoms with Crippen LogP contribution in [0.15, 0.2) is 18.2 Å². The molecule has 1 N–H and O–H groups in total. The molecule has 2 nitrogen and oxygen atoms in total. The molecule has 1 aromatic carbocycles. The summed E-state index contributed by atoms with van der Waals surface area (Å²) < 4.78 is 0. The molecule has 0 radical (unpaired) electrons. The van der Waals surface area contributed by atoms with Crippen molar-refractivity contribution in [2.45, 2.75) is 59.2 Å². The number of anilines is 1. The molecule has 108 valence electrons. The van der Waals surface area contributed by atoms with Crippen LogP contribution in [-0.4, -0.2) is 18.6 Å². The van der Waals surface area contributed by atoms with Gasteiger partial charge in [-0.05, 0) is 38.0 Å². The van der Waals surface area contributed by atoms with Crippen LogP contribution in [0.4, 0.5) is 5.69 Å². The van der Waals surface area contributed by atoms with Crippen molar-refractivity contribution in [2.75, 3.05) is 11.9 Å². The zero-order valence-electron chi connectivity index (χ0n) is 13.0. The van der Waals surface area contributed by atoms with Gasteiger partial charge in [0.25, 0.3) is 0 Å². The van der Waals surface area contributed by atoms with Gasteiger partial charge in [-0.2, -0.15) is 0 Å². The van der Waals surface area contributed by atoms with E-state index in [0.717, 1.165) is 23.6 Å². The maximum atomic E-state index is 6.38. The number of benzene rings is 1. The Morgan fingerprint density at radius 2 is 1.95 bits per heavy atom. The largest absolute Gasteiger partial charge is 0.369 e. The average Bonchev–Trinajstić information content (AvgIpc) is 2.36. The van der Waals surface area contributed by atoms with Crippen molar-refractivity contribution in [1.82, 2.24) is 5.32 Å². The average molecular weight is 283 g/mol. The Morgan fingerprint density at radius 3 is 2.42 bits per heavy atom. The van der Waals surface area contributed by atoms with Gasteiger partial charge in [-0.3, -0.25) is 0 Å². The van der Waals surface area contributed by atoms with Crippen LogP contribution in [0.25, 0.3) is 0 Å². The van der Waals surface area contributed by atoms with E-state index in [1.54, 1.807) is 0 Å². The van der Waals surface area contributed by atoms with Gasteiger partial charge in [-0.1, -0.05) is 38.4 Å². The molecule has 0 fully saturated rings. The molecular weight excluding hydrogens is 256 g/mol. The van der Waals surface area contributed by atoms with Gasteiger partial charge in [-0.15, -0.1) is 0 Å². The second-order valence-corrected chi connectivity index (χ2v) is 6.44. The van der Waals surface area contributed by atoms with E-state index in [1.165, 1.54) is 5.69 Å². The molecule has 1 rings (SSSR count). The summed E-state index contributed by atoms with van der Waals surface area (Å²) in [5.74, 6) is 0. The van der Waals surface area contributed by atoms with Crippen LogP contribution < -0.4 is 10.2 Å². The molecule has 0 atom stereocenters. The summed E-state index contributed by atoms with van der Waals surface area (Å²) in [6.07, 6.45) is 1.10. The predicted molar refractivity (Wildman–Crippen MR) is 86.2 cm³/mol. The summed E-state index contributed by atoms with van der Waals surface area (Å²) in [5, 5.41) is 4.23. The maximum Gasteiger partial charge on any atom is 0.0471 e. The first-order valence-electron chi connectivity index (χ1n) is 7.03. The fourth-order valence-electron chi connectivity index (χ4n) is 1.79. The highest BCUT2D eigenvalue weighted by Crippen LogP contribution is 2.28. The van der Waals surface area contributed by atoms with E-state index >= 15 is 0 Å². The Labute approximate surface area is 123 Å². The van der Waals surface area contributed by atoms with Crippen molar-refractivity contribution in [3.8, 4) is 0 Å². The highest BCUT2D eigenvalue weighted by molar-refractivity contribution is 6.31. The molecular formula is C16H27ClN2. The van der Waals surface area contributed by atoms with Gasteiger partial charge in [-0.25, -0.2) is 0 Å². The van der Waals surface area contributed by atoms with Crippen molar-refractivity contribution in [3.05, 3.63) is 28.8 Å². The number of hydrogen-bond acceptors (Lipinski definition) is 2. The molecule has 0 unspecified atom stereocenters. The van der Waals surface area contributed by atoms with E-state index < -0.39 is 0 Å². The van der Waals surface area contributed by atoms with Crippen LogP contribution in [0, 0.1) is 0 Å². The zero-order valence-corrected chi connectivity index (χ0v) is 13.8. The molecule has 0 aromatic heterocycles. The van der Waals surface area contributed by atoms with E-state index in [-0.39, 0.29) is 5.54 Å². The quantitative estimate of drug-likeness (QED) is 0.828. The minimum absolute atomic E-state index is 0.140. The van der Waals surface area contributed by atoms with Gasteiger partial charge < -0.3 is 10.2 Å². The van der Waals surface area contributed by atoms with Gasteiger partial charge in [0, 0.05) is 35.9 Å². The number of hydrogen-bond donors (Lipinski definition) is 1. The number of rotatable bonds is 6. The lowest BCUT2D eigenvalue weighted by atomic mass is 9.99. The van der Waals surface area contributed by atoms with Crippen LogP contribution >= 0.6 is 11.6 Å². The monoisotopic (exact) mass is 282 g/mol. The first-order chi connectivity index (χ1) is 8.77. The summed E-state index contributed by atoms with van der Waals surface area (Å²) >= 11 is 6.38. The zero-order chi connectivity index (χ0) is 14.6. The topological polar surface area (TPSA) is 15.3 Å². The van der Waals surface area contributed by atoms with E-state index in [9.17, 15) is 0 Å². The molecule has 0 bridgehead atoms. The Morgan fingerprint density at radius 1 is 1.32 bits per heavy atom. The molecule has 19 heavy (non-hydrogen) atoms. The Hall–Kier alpha value is -0.730. The van der Waals surface area contributed by atoms with E-state index in [4.69, 9.17) is 11.6 Å². The minimum atomic E-state index is 0.140. The molecule has 0 heterocycles. The standard InChI is InChI=1S/C16H27ClN2/c1-7-16(4,5)19(6)14-9-8-13(15(17)10-14)11-18-12(2)3/h8-10,12,18H,7,11H2,1-6H3. The lowest BCUT2D eigenvalue weighted by Gasteiger charge is -2.37. The molecule has 0 saturated heterocycles. The smallest absolute Gasteiger partial charge is 0.0471 e. The summed E-state index contributed by atoms with van der Waals surface area (Å²) in [6.45, 7) is 11.8. The molecule has 0 aliphatic carbocycles. The summed E-state index contributed by atoms with van der Waals surface area (Å²) in [5.41, 5.74) is 2.47. The summed E-state index contributed by atoms with van der Waals surface area (Å²) in [7, 11) is 2.13. The molecule has 0 saturated carbocycles. The Bertz CT molecular complexity index is 413. The van der Waals surface area contributed by atoms with Gasteiger partial charge in [0.1, 0.15) is 0 Å². The van der Waals surface area contributed by atoms with E-state index in [2.05, 4.69) is 70.1 Å². The molecule has 0 aliphatic rings. The fourth-order valence-corrected chi connectivity index (χ4v) is 2.03. The van der Waals surface area contributed by atoms with Crippen molar-refractivity contribution < 1.29 is 0 Å². The molecule has 3 heteroatoms. The summed E-state index contributed by atoms with van der Waals surface area (Å²) in [4.78, 5) is 2.29. The van der Waals surface area contributed by atoms with Crippen molar-refractivity contribution in [3.63, 3.8) is 0 Å². The van der Waals surface area contributed by atoms with Crippen molar-refractivity contribution in [1.29, 1.82) is 0 Å². The van der Waals surface area contributed by atoms with Crippen LogP contribution in [0.2, 0.25) is 5.02 Å². The Balaban J connectivity index is 2.87. The molecule has 0 aliphatic heterocycles. The van der Waals surface area contributed by atoms with Crippen LogP contribution in [0.1, 0.15) is 46.6 Å². The van der Waals surface area contributed by atoms with Crippen LogP contribution in [-0.2, 0) is 6.54 Å². The maximum absolute atomic E-state index is 6.38. The molecule has 1 aromatic rings. The lowest BCUT2D eigenvalue weighted by molar-refractivity contribution is 0.471. The normalized spacial score (nSPS) is 12.0. The minimum Gasteiger partial charge on any atom is -0.369 e. The van der Waals surface area contributed by atoms with Crippen LogP contribution in [0.5, 0.6) is 0 Å². The first kappa shape index (κ1) is 16.3. The van der Waals surface area contributed by atoms with Gasteiger partial charge in [0.05, 0.1) is 0 Å². The molecule has 0 amide bonds. The van der Waals surface area contributed by atoms with Gasteiger partial charge in [0.2, 0.25) is 0 Å². The van der Waals surface area contributed by atoms with E-state index in [0.29, 0.717) is 6.04 Å². The number of nitrogens with one attached hydrogen (secondary N) is 1. The van der Waals surface area contributed by atoms with Crippen molar-refractivity contribution in [2.24, 2.45) is 0 Å². The third-order valence-corrected chi connectivity index (χ3v) is 4.25. The lowest BCUT2D eigenvalue weighted by Crippen LogP contribution is -2.40. The first-order valence-corrected chi connectivity index (χ1v) is 7.41. The summed E-state index contributed by atoms with van der Waals surface area (Å²) in [6, 6.07) is 6.81. The third-order valence-electron chi connectivity index (χ3n) is 3.90. The van der Waals surface area contributed by atoms with Crippen molar-refractivity contribution >= 4 is 17.3 Å². The Kier molecular flexibility index (Phi) is 5.69. The number of halogens is 1. The van der Waals surface area contributed by atoms with Gasteiger partial charge in [0.15, 0.2) is 0 Å². The van der Waals surface area contributed by atoms with Crippen LogP contribution in [0.3, 0.4) is 0 Å². The predicted octanol–water partition coefficient (Wildman–Crippen LogP) is 4.46. The highest BCUT2D eigenvalue weighted by atomic mass is 35.5. The second-order valence-electron chi connectivity index (χ2n) is 6.04. The number of nitrogens with zero attached hydrogens (tertiary/aromatic N) is 1. The SMILES string of the molecule is CCC(C)(C)N(C)c1ccc(CNC(C)C)c(Cl)c1. The highest BCUT2D eigenvalue weighted by Gasteiger charge is 2.21. The van der Waals surface area contributed by atoms with Gasteiger partial charge >= 0.3 is 0 Å². The second kappa shape index (κ2) is 6.62. The molecule has 0 spiro atoms. The van der Waals surface area contributed by atoms with E-state index in [1.807, 2.05) is 0 Å².